The third kappa shape index (κ3) is 4.45. The molecule has 0 spiro atoms. The lowest BCUT2D eigenvalue weighted by atomic mass is 10.3. The van der Waals surface area contributed by atoms with Crippen molar-refractivity contribution in [2.75, 3.05) is 25.6 Å². The van der Waals surface area contributed by atoms with Crippen LogP contribution in [0.4, 0.5) is 17.1 Å². The Balaban J connectivity index is 2.01. The summed E-state index contributed by atoms with van der Waals surface area (Å²) in [5.41, 5.74) is 2.75. The van der Waals surface area contributed by atoms with E-state index < -0.39 is 0 Å². The highest BCUT2D eigenvalue weighted by Gasteiger charge is 1.96. The van der Waals surface area contributed by atoms with Crippen LogP contribution in [0, 0.1) is 0 Å². The van der Waals surface area contributed by atoms with Crippen molar-refractivity contribution in [3.05, 3.63) is 61.2 Å². The van der Waals surface area contributed by atoms with Gasteiger partial charge in [0, 0.05) is 19.8 Å². The zero-order chi connectivity index (χ0) is 15.1. The van der Waals surface area contributed by atoms with Gasteiger partial charge in [-0.15, -0.1) is 0 Å². The average Bonchev–Trinajstić information content (AvgIpc) is 2.52. The van der Waals surface area contributed by atoms with E-state index in [1.807, 2.05) is 67.5 Å². The summed E-state index contributed by atoms with van der Waals surface area (Å²) in [5.74, 6) is 0.796. The molecule has 0 saturated heterocycles. The second-order valence-corrected chi connectivity index (χ2v) is 4.70. The minimum atomic E-state index is 0.499. The summed E-state index contributed by atoms with van der Waals surface area (Å²) in [6.07, 6.45) is 1.71. The van der Waals surface area contributed by atoms with Crippen molar-refractivity contribution in [3.63, 3.8) is 0 Å². The summed E-state index contributed by atoms with van der Waals surface area (Å²) in [6, 6.07) is 15.4. The van der Waals surface area contributed by atoms with Gasteiger partial charge >= 0.3 is 0 Å². The molecule has 0 atom stereocenters. The maximum absolute atomic E-state index is 5.41. The topological polar surface area (TPSA) is 37.2 Å². The molecule has 0 bridgehead atoms. The van der Waals surface area contributed by atoms with Gasteiger partial charge in [-0.2, -0.15) is 10.2 Å². The fraction of sp³-hybridized carbons (Fsp3) is 0.176. The first-order valence-electron chi connectivity index (χ1n) is 6.72. The molecule has 108 valence electrons. The number of anilines is 1. The van der Waals surface area contributed by atoms with Crippen LogP contribution in [0.25, 0.3) is 0 Å². The average molecular weight is 281 g/mol. The number of hydrogen-bond donors (Lipinski definition) is 0. The SMILES string of the molecule is C=CCOc1ccc(N=Nc2ccc(N(C)C)cc2)cc1. The fourth-order valence-electron chi connectivity index (χ4n) is 1.70. The fourth-order valence-corrected chi connectivity index (χ4v) is 1.70. The summed E-state index contributed by atoms with van der Waals surface area (Å²) in [7, 11) is 4.01. The van der Waals surface area contributed by atoms with Crippen LogP contribution in [0.3, 0.4) is 0 Å². The molecular weight excluding hydrogens is 262 g/mol. The van der Waals surface area contributed by atoms with Crippen LogP contribution in [0.1, 0.15) is 0 Å². The number of ether oxygens (including phenoxy) is 1. The van der Waals surface area contributed by atoms with E-state index in [0.29, 0.717) is 6.61 Å². The Labute approximate surface area is 125 Å². The maximum Gasteiger partial charge on any atom is 0.119 e. The second kappa shape index (κ2) is 7.24. The highest BCUT2D eigenvalue weighted by atomic mass is 16.5. The van der Waals surface area contributed by atoms with Crippen molar-refractivity contribution in [2.45, 2.75) is 0 Å². The predicted octanol–water partition coefficient (Wildman–Crippen LogP) is 4.73. The summed E-state index contributed by atoms with van der Waals surface area (Å²) in [6.45, 7) is 4.11. The highest BCUT2D eigenvalue weighted by molar-refractivity contribution is 5.52. The summed E-state index contributed by atoms with van der Waals surface area (Å²) in [5, 5.41) is 8.43. The Morgan fingerprint density at radius 3 is 1.95 bits per heavy atom. The Bertz CT molecular complexity index is 601. The quantitative estimate of drug-likeness (QED) is 0.567. The second-order valence-electron chi connectivity index (χ2n) is 4.70. The van der Waals surface area contributed by atoms with E-state index >= 15 is 0 Å². The standard InChI is InChI=1S/C17H19N3O/c1-4-13-21-17-11-7-15(8-12-17)19-18-14-5-9-16(10-6-14)20(2)3/h4-12H,1,13H2,2-3H3. The van der Waals surface area contributed by atoms with E-state index in [0.717, 1.165) is 22.8 Å². The van der Waals surface area contributed by atoms with Crippen molar-refractivity contribution in [1.82, 2.24) is 0 Å². The lowest BCUT2D eigenvalue weighted by molar-refractivity contribution is 0.363. The van der Waals surface area contributed by atoms with Gasteiger partial charge in [0.25, 0.3) is 0 Å². The molecule has 0 aliphatic heterocycles. The highest BCUT2D eigenvalue weighted by Crippen LogP contribution is 2.22. The first-order valence-corrected chi connectivity index (χ1v) is 6.72. The number of nitrogens with zero attached hydrogens (tertiary/aromatic N) is 3. The summed E-state index contributed by atoms with van der Waals surface area (Å²) < 4.78 is 5.41. The zero-order valence-corrected chi connectivity index (χ0v) is 12.4. The van der Waals surface area contributed by atoms with E-state index in [4.69, 9.17) is 4.74 Å². The maximum atomic E-state index is 5.41. The Morgan fingerprint density at radius 2 is 1.48 bits per heavy atom. The normalized spacial score (nSPS) is 10.6. The third-order valence-electron chi connectivity index (χ3n) is 2.85. The Hall–Kier alpha value is -2.62. The first kappa shape index (κ1) is 14.8. The van der Waals surface area contributed by atoms with Gasteiger partial charge in [-0.25, -0.2) is 0 Å². The van der Waals surface area contributed by atoms with E-state index in [9.17, 15) is 0 Å². The molecule has 0 radical (unpaired) electrons. The van der Waals surface area contributed by atoms with Gasteiger partial charge in [0.2, 0.25) is 0 Å². The molecule has 0 aliphatic rings. The van der Waals surface area contributed by atoms with E-state index in [1.54, 1.807) is 6.08 Å². The van der Waals surface area contributed by atoms with Crippen LogP contribution in [0.15, 0.2) is 71.4 Å². The molecule has 0 N–H and O–H groups in total. The molecule has 0 aromatic heterocycles. The smallest absolute Gasteiger partial charge is 0.119 e. The van der Waals surface area contributed by atoms with Gasteiger partial charge in [0.1, 0.15) is 12.4 Å². The van der Waals surface area contributed by atoms with E-state index in [1.165, 1.54) is 0 Å². The molecule has 0 fully saturated rings. The minimum absolute atomic E-state index is 0.499. The summed E-state index contributed by atoms with van der Waals surface area (Å²) in [4.78, 5) is 2.04. The molecule has 2 aromatic carbocycles. The Kier molecular flexibility index (Phi) is 5.10. The van der Waals surface area contributed by atoms with Gasteiger partial charge in [0.15, 0.2) is 0 Å². The van der Waals surface area contributed by atoms with E-state index in [-0.39, 0.29) is 0 Å². The molecule has 0 heterocycles. The summed E-state index contributed by atoms with van der Waals surface area (Å²) >= 11 is 0. The van der Waals surface area contributed by atoms with Gasteiger partial charge < -0.3 is 9.64 Å². The molecule has 4 nitrogen and oxygen atoms in total. The number of azo groups is 1. The molecule has 0 unspecified atom stereocenters. The lowest BCUT2D eigenvalue weighted by Crippen LogP contribution is -2.07. The third-order valence-corrected chi connectivity index (χ3v) is 2.85. The van der Waals surface area contributed by atoms with Gasteiger partial charge in [-0.1, -0.05) is 12.7 Å². The first-order chi connectivity index (χ1) is 10.2. The predicted molar refractivity (Wildman–Crippen MR) is 87.1 cm³/mol. The van der Waals surface area contributed by atoms with Gasteiger partial charge in [-0.05, 0) is 48.5 Å². The van der Waals surface area contributed by atoms with Gasteiger partial charge in [-0.3, -0.25) is 0 Å². The molecule has 4 heteroatoms. The molecule has 0 amide bonds. The van der Waals surface area contributed by atoms with Crippen LogP contribution >= 0.6 is 0 Å². The van der Waals surface area contributed by atoms with Crippen LogP contribution in [-0.4, -0.2) is 20.7 Å². The Morgan fingerprint density at radius 1 is 0.952 bits per heavy atom. The van der Waals surface area contributed by atoms with Crippen molar-refractivity contribution in [2.24, 2.45) is 10.2 Å². The number of hydrogen-bond acceptors (Lipinski definition) is 4. The number of benzene rings is 2. The van der Waals surface area contributed by atoms with Crippen LogP contribution in [0.2, 0.25) is 0 Å². The molecule has 2 aromatic rings. The van der Waals surface area contributed by atoms with Crippen LogP contribution in [0.5, 0.6) is 5.75 Å². The zero-order valence-electron chi connectivity index (χ0n) is 12.4. The molecule has 0 saturated carbocycles. The monoisotopic (exact) mass is 281 g/mol. The molecule has 21 heavy (non-hydrogen) atoms. The lowest BCUT2D eigenvalue weighted by Gasteiger charge is -2.11. The van der Waals surface area contributed by atoms with E-state index in [2.05, 4.69) is 16.8 Å². The van der Waals surface area contributed by atoms with Crippen LogP contribution in [-0.2, 0) is 0 Å². The largest absolute Gasteiger partial charge is 0.490 e. The van der Waals surface area contributed by atoms with Crippen LogP contribution < -0.4 is 9.64 Å². The van der Waals surface area contributed by atoms with Crippen molar-refractivity contribution < 1.29 is 4.74 Å². The number of rotatable bonds is 6. The minimum Gasteiger partial charge on any atom is -0.490 e. The molecule has 0 aliphatic carbocycles. The van der Waals surface area contributed by atoms with Crippen molar-refractivity contribution in [1.29, 1.82) is 0 Å². The van der Waals surface area contributed by atoms with Gasteiger partial charge in [0.05, 0.1) is 11.4 Å². The van der Waals surface area contributed by atoms with Crippen molar-refractivity contribution >= 4 is 17.1 Å². The van der Waals surface area contributed by atoms with Crippen molar-refractivity contribution in [3.8, 4) is 5.75 Å². The molecule has 2 rings (SSSR count). The molecular formula is C17H19N3O.